The van der Waals surface area contributed by atoms with Gasteiger partial charge in [-0.1, -0.05) is 6.92 Å². The maximum Gasteiger partial charge on any atom is 0.309 e. The van der Waals surface area contributed by atoms with Gasteiger partial charge in [0.05, 0.1) is 33.7 Å². The SMILES string of the molecule is CC(CSCCCS)C(=O)OCCOP(=O)([O-])OCC[N+](C)(C)C. The number of quaternary nitrogens is 1. The molecule has 0 heterocycles. The smallest absolute Gasteiger partial charge is 0.309 e. The van der Waals surface area contributed by atoms with Crippen LogP contribution in [0.4, 0.5) is 0 Å². The van der Waals surface area contributed by atoms with Crippen LogP contribution in [0.1, 0.15) is 13.3 Å². The molecule has 144 valence electrons. The van der Waals surface area contributed by atoms with E-state index in [2.05, 4.69) is 17.2 Å². The van der Waals surface area contributed by atoms with Crippen LogP contribution in [0.5, 0.6) is 0 Å². The first kappa shape index (κ1) is 24.2. The number of hydrogen-bond donors (Lipinski definition) is 1. The zero-order chi connectivity index (χ0) is 18.6. The van der Waals surface area contributed by atoms with E-state index in [1.807, 2.05) is 21.1 Å². The van der Waals surface area contributed by atoms with E-state index in [1.54, 1.807) is 18.7 Å². The Bertz CT molecular complexity index is 405. The lowest BCUT2D eigenvalue weighted by atomic mass is 10.2. The Morgan fingerprint density at radius 3 is 2.46 bits per heavy atom. The molecule has 2 unspecified atom stereocenters. The number of thiol groups is 1. The number of esters is 1. The predicted molar refractivity (Wildman–Crippen MR) is 98.3 cm³/mol. The van der Waals surface area contributed by atoms with Gasteiger partial charge in [0.2, 0.25) is 0 Å². The van der Waals surface area contributed by atoms with E-state index < -0.39 is 7.82 Å². The number of ether oxygens (including phenoxy) is 1. The van der Waals surface area contributed by atoms with Gasteiger partial charge in [0.1, 0.15) is 19.8 Å². The quantitative estimate of drug-likeness (QED) is 0.154. The molecular weight excluding hydrogens is 373 g/mol. The number of nitrogens with zero attached hydrogens (tertiary/aromatic N) is 1. The van der Waals surface area contributed by atoms with Gasteiger partial charge in [-0.2, -0.15) is 24.4 Å². The molecule has 0 saturated heterocycles. The number of hydrogen-bond acceptors (Lipinski definition) is 8. The molecule has 7 nitrogen and oxygen atoms in total. The molecule has 0 amide bonds. The van der Waals surface area contributed by atoms with Crippen LogP contribution in [-0.2, 0) is 23.1 Å². The average molecular weight is 404 g/mol. The third kappa shape index (κ3) is 14.6. The molecule has 2 atom stereocenters. The zero-order valence-electron chi connectivity index (χ0n) is 14.9. The largest absolute Gasteiger partial charge is 0.756 e. The van der Waals surface area contributed by atoms with E-state index in [0.717, 1.165) is 17.9 Å². The van der Waals surface area contributed by atoms with Crippen molar-refractivity contribution in [3.8, 4) is 0 Å². The van der Waals surface area contributed by atoms with Crippen LogP contribution in [0.2, 0.25) is 0 Å². The Labute approximate surface area is 155 Å². The van der Waals surface area contributed by atoms with Crippen LogP contribution in [0.15, 0.2) is 0 Å². The van der Waals surface area contributed by atoms with Crippen molar-refractivity contribution < 1.29 is 32.5 Å². The third-order valence-corrected chi connectivity index (χ3v) is 5.43. The van der Waals surface area contributed by atoms with E-state index in [1.165, 1.54) is 0 Å². The number of likely N-dealkylation sites (N-methyl/N-ethyl adjacent to an activating group) is 1. The number of phosphoric acid groups is 1. The molecule has 24 heavy (non-hydrogen) atoms. The second kappa shape index (κ2) is 12.6. The number of rotatable bonds is 14. The highest BCUT2D eigenvalue weighted by atomic mass is 32.2. The van der Waals surface area contributed by atoms with Crippen molar-refractivity contribution in [2.75, 3.05) is 64.8 Å². The number of carbonyl (C=O) groups is 1. The van der Waals surface area contributed by atoms with Crippen LogP contribution in [0, 0.1) is 5.92 Å². The fourth-order valence-corrected chi connectivity index (χ4v) is 3.45. The van der Waals surface area contributed by atoms with Gasteiger partial charge < -0.3 is 23.2 Å². The van der Waals surface area contributed by atoms with Crippen LogP contribution in [-0.4, -0.2) is 75.2 Å². The maximum absolute atomic E-state index is 11.7. The van der Waals surface area contributed by atoms with Gasteiger partial charge in [-0.15, -0.1) is 0 Å². The first-order valence-corrected chi connectivity index (χ1v) is 11.1. The van der Waals surface area contributed by atoms with Crippen molar-refractivity contribution >= 4 is 38.2 Å². The first-order chi connectivity index (χ1) is 11.1. The van der Waals surface area contributed by atoms with Crippen molar-refractivity contribution in [2.45, 2.75) is 13.3 Å². The van der Waals surface area contributed by atoms with Gasteiger partial charge in [0.25, 0.3) is 7.82 Å². The minimum absolute atomic E-state index is 0.0462. The normalized spacial score (nSPS) is 15.8. The van der Waals surface area contributed by atoms with Gasteiger partial charge in [0.15, 0.2) is 0 Å². The molecule has 0 aliphatic heterocycles. The first-order valence-electron chi connectivity index (χ1n) is 7.83. The number of carbonyl (C=O) groups excluding carboxylic acids is 1. The molecule has 0 spiro atoms. The Kier molecular flexibility index (Phi) is 12.7. The molecule has 0 fully saturated rings. The van der Waals surface area contributed by atoms with E-state index in [4.69, 9.17) is 9.26 Å². The molecule has 0 saturated carbocycles. The van der Waals surface area contributed by atoms with Gasteiger partial charge >= 0.3 is 5.97 Å². The highest BCUT2D eigenvalue weighted by Gasteiger charge is 2.16. The summed E-state index contributed by atoms with van der Waals surface area (Å²) in [6.45, 7) is 2.01. The van der Waals surface area contributed by atoms with Crippen molar-refractivity contribution in [1.29, 1.82) is 0 Å². The summed E-state index contributed by atoms with van der Waals surface area (Å²) >= 11 is 5.79. The molecule has 0 aromatic heterocycles. The molecule has 0 bridgehead atoms. The molecule has 0 aromatic rings. The van der Waals surface area contributed by atoms with Gasteiger partial charge in [-0.05, 0) is 17.9 Å². The Balaban J connectivity index is 3.82. The standard InChI is InChI=1S/C14H30NO6PS2/c1-13(12-24-11-5-10-23)14(16)19-8-9-21-22(17,18)20-7-6-15(2,3)4/h13H,5-12H2,1-4H3,(H-,17,18,23). The predicted octanol–water partition coefficient (Wildman–Crippen LogP) is 1.43. The summed E-state index contributed by atoms with van der Waals surface area (Å²) in [5.41, 5.74) is 0. The lowest BCUT2D eigenvalue weighted by Gasteiger charge is -2.27. The van der Waals surface area contributed by atoms with E-state index in [0.29, 0.717) is 16.8 Å². The molecule has 0 aliphatic carbocycles. The molecule has 0 radical (unpaired) electrons. The van der Waals surface area contributed by atoms with Crippen molar-refractivity contribution in [3.63, 3.8) is 0 Å². The second-order valence-electron chi connectivity index (χ2n) is 6.35. The summed E-state index contributed by atoms with van der Waals surface area (Å²) in [6.07, 6.45) is 0.996. The van der Waals surface area contributed by atoms with Crippen molar-refractivity contribution in [2.24, 2.45) is 5.92 Å². The molecular formula is C14H30NO6PS2. The maximum atomic E-state index is 11.7. The second-order valence-corrected chi connectivity index (χ2v) is 9.36. The monoisotopic (exact) mass is 403 g/mol. The summed E-state index contributed by atoms with van der Waals surface area (Å²) < 4.78 is 26.5. The summed E-state index contributed by atoms with van der Waals surface area (Å²) in [5, 5.41) is 0. The number of phosphoric ester groups is 1. The zero-order valence-corrected chi connectivity index (χ0v) is 17.5. The molecule has 0 rings (SSSR count). The van der Waals surface area contributed by atoms with E-state index in [-0.39, 0.29) is 31.7 Å². The molecule has 0 N–H and O–H groups in total. The third-order valence-electron chi connectivity index (χ3n) is 2.81. The highest BCUT2D eigenvalue weighted by molar-refractivity contribution is 7.99. The van der Waals surface area contributed by atoms with E-state index in [9.17, 15) is 14.3 Å². The minimum Gasteiger partial charge on any atom is -0.756 e. The Hall–Kier alpha value is 0.240. The van der Waals surface area contributed by atoms with Gasteiger partial charge in [0, 0.05) is 5.75 Å². The Morgan fingerprint density at radius 1 is 1.25 bits per heavy atom. The lowest BCUT2D eigenvalue weighted by Crippen LogP contribution is -2.37. The van der Waals surface area contributed by atoms with Crippen LogP contribution in [0.3, 0.4) is 0 Å². The molecule has 0 aliphatic rings. The van der Waals surface area contributed by atoms with Gasteiger partial charge in [-0.3, -0.25) is 9.36 Å². The van der Waals surface area contributed by atoms with Crippen LogP contribution < -0.4 is 4.89 Å². The highest BCUT2D eigenvalue weighted by Crippen LogP contribution is 2.37. The summed E-state index contributed by atoms with van der Waals surface area (Å²) in [7, 11) is 1.43. The molecule has 0 aromatic carbocycles. The number of thioether (sulfide) groups is 1. The topological polar surface area (TPSA) is 84.9 Å². The van der Waals surface area contributed by atoms with Crippen LogP contribution in [0.25, 0.3) is 0 Å². The molecule has 10 heteroatoms. The average Bonchev–Trinajstić information content (AvgIpc) is 2.46. The summed E-state index contributed by atoms with van der Waals surface area (Å²) in [5.74, 6) is 1.85. The fraction of sp³-hybridized carbons (Fsp3) is 0.929. The minimum atomic E-state index is -4.35. The Morgan fingerprint density at radius 2 is 1.88 bits per heavy atom. The van der Waals surface area contributed by atoms with E-state index >= 15 is 0 Å². The lowest BCUT2D eigenvalue weighted by molar-refractivity contribution is -0.870. The van der Waals surface area contributed by atoms with Crippen molar-refractivity contribution in [1.82, 2.24) is 0 Å². The van der Waals surface area contributed by atoms with Gasteiger partial charge in [-0.25, -0.2) is 0 Å². The summed E-state index contributed by atoms with van der Waals surface area (Å²) in [4.78, 5) is 23.3. The fourth-order valence-electron chi connectivity index (χ4n) is 1.39. The van der Waals surface area contributed by atoms with Crippen LogP contribution >= 0.6 is 32.2 Å². The van der Waals surface area contributed by atoms with Crippen molar-refractivity contribution in [3.05, 3.63) is 0 Å². The summed E-state index contributed by atoms with van der Waals surface area (Å²) in [6, 6.07) is 0.